The number of hydrogen-bond acceptors (Lipinski definition) is 2. The zero-order valence-electron chi connectivity index (χ0n) is 10.3. The van der Waals surface area contributed by atoms with Crippen molar-refractivity contribution in [1.82, 2.24) is 10.2 Å². The molecule has 104 valence electrons. The van der Waals surface area contributed by atoms with Crippen LogP contribution < -0.4 is 5.32 Å². The number of carbonyl (C=O) groups excluding carboxylic acids is 1. The molecule has 0 aromatic rings. The minimum absolute atomic E-state index is 0.00804. The average molecular weight is 264 g/mol. The van der Waals surface area contributed by atoms with Gasteiger partial charge in [0, 0.05) is 19.0 Å². The van der Waals surface area contributed by atoms with E-state index in [4.69, 9.17) is 0 Å². The van der Waals surface area contributed by atoms with E-state index in [1.54, 1.807) is 4.90 Å². The molecule has 0 radical (unpaired) electrons. The van der Waals surface area contributed by atoms with Crippen LogP contribution in [0.2, 0.25) is 0 Å². The SMILES string of the molecule is O=C(C1CCNCC1)N1CCC(C(F)(F)F)CC1. The number of halogens is 3. The highest BCUT2D eigenvalue weighted by Gasteiger charge is 2.42. The normalized spacial score (nSPS) is 24.3. The Morgan fingerprint density at radius 3 is 2.11 bits per heavy atom. The van der Waals surface area contributed by atoms with Gasteiger partial charge in [-0.15, -0.1) is 0 Å². The Bertz CT molecular complexity index is 292. The van der Waals surface area contributed by atoms with Crippen LogP contribution in [0.3, 0.4) is 0 Å². The molecule has 0 spiro atoms. The van der Waals surface area contributed by atoms with Crippen molar-refractivity contribution in [3.05, 3.63) is 0 Å². The van der Waals surface area contributed by atoms with Crippen LogP contribution in [0.5, 0.6) is 0 Å². The number of carbonyl (C=O) groups is 1. The highest BCUT2D eigenvalue weighted by Crippen LogP contribution is 2.34. The van der Waals surface area contributed by atoms with Gasteiger partial charge in [-0.3, -0.25) is 4.79 Å². The fraction of sp³-hybridized carbons (Fsp3) is 0.917. The summed E-state index contributed by atoms with van der Waals surface area (Å²) in [6, 6.07) is 0. The molecule has 6 heteroatoms. The molecule has 2 fully saturated rings. The van der Waals surface area contributed by atoms with E-state index in [-0.39, 0.29) is 37.8 Å². The first kappa shape index (κ1) is 13.6. The smallest absolute Gasteiger partial charge is 0.342 e. The van der Waals surface area contributed by atoms with Crippen molar-refractivity contribution >= 4 is 5.91 Å². The van der Waals surface area contributed by atoms with Crippen LogP contribution in [0.25, 0.3) is 0 Å². The van der Waals surface area contributed by atoms with Gasteiger partial charge in [0.2, 0.25) is 5.91 Å². The zero-order chi connectivity index (χ0) is 13.2. The van der Waals surface area contributed by atoms with Crippen LogP contribution in [0, 0.1) is 11.8 Å². The molecule has 0 saturated carbocycles. The van der Waals surface area contributed by atoms with Gasteiger partial charge >= 0.3 is 6.18 Å². The Labute approximate surface area is 105 Å². The van der Waals surface area contributed by atoms with Gasteiger partial charge in [0.1, 0.15) is 0 Å². The minimum atomic E-state index is -4.11. The van der Waals surface area contributed by atoms with Gasteiger partial charge in [-0.1, -0.05) is 0 Å². The van der Waals surface area contributed by atoms with Crippen molar-refractivity contribution < 1.29 is 18.0 Å². The van der Waals surface area contributed by atoms with Crippen molar-refractivity contribution in [2.24, 2.45) is 11.8 Å². The van der Waals surface area contributed by atoms with Gasteiger partial charge in [0.05, 0.1) is 5.92 Å². The van der Waals surface area contributed by atoms with E-state index in [9.17, 15) is 18.0 Å². The molecule has 2 rings (SSSR count). The highest BCUT2D eigenvalue weighted by atomic mass is 19.4. The van der Waals surface area contributed by atoms with Crippen LogP contribution in [0.15, 0.2) is 0 Å². The number of amides is 1. The molecule has 3 nitrogen and oxygen atoms in total. The Balaban J connectivity index is 1.83. The molecule has 0 unspecified atom stereocenters. The maximum absolute atomic E-state index is 12.5. The standard InChI is InChI=1S/C12H19F3N2O/c13-12(14,15)10-3-7-17(8-4-10)11(18)9-1-5-16-6-2-9/h9-10,16H,1-8H2. The van der Waals surface area contributed by atoms with E-state index < -0.39 is 12.1 Å². The number of piperidine rings is 2. The molecule has 0 bridgehead atoms. The maximum Gasteiger partial charge on any atom is 0.391 e. The molecule has 1 amide bonds. The molecule has 0 aliphatic carbocycles. The first-order valence-corrected chi connectivity index (χ1v) is 6.54. The number of rotatable bonds is 1. The fourth-order valence-corrected chi connectivity index (χ4v) is 2.75. The highest BCUT2D eigenvalue weighted by molar-refractivity contribution is 5.79. The molecule has 2 saturated heterocycles. The number of nitrogens with zero attached hydrogens (tertiary/aromatic N) is 1. The predicted molar refractivity (Wildman–Crippen MR) is 61.0 cm³/mol. The summed E-state index contributed by atoms with van der Waals surface area (Å²) in [5.74, 6) is -1.17. The lowest BCUT2D eigenvalue weighted by Crippen LogP contribution is -2.46. The summed E-state index contributed by atoms with van der Waals surface area (Å²) in [6.07, 6.45) is -2.39. The maximum atomic E-state index is 12.5. The molecular formula is C12H19F3N2O. The van der Waals surface area contributed by atoms with Crippen LogP contribution in [-0.4, -0.2) is 43.2 Å². The lowest BCUT2D eigenvalue weighted by atomic mass is 9.92. The third kappa shape index (κ3) is 3.16. The Morgan fingerprint density at radius 2 is 1.61 bits per heavy atom. The Morgan fingerprint density at radius 1 is 1.06 bits per heavy atom. The van der Waals surface area contributed by atoms with Crippen LogP contribution in [0.1, 0.15) is 25.7 Å². The molecule has 18 heavy (non-hydrogen) atoms. The van der Waals surface area contributed by atoms with Crippen LogP contribution in [0.4, 0.5) is 13.2 Å². The van der Waals surface area contributed by atoms with Crippen molar-refractivity contribution in [2.45, 2.75) is 31.9 Å². The summed E-state index contributed by atoms with van der Waals surface area (Å²) in [5.41, 5.74) is 0. The average Bonchev–Trinajstić information content (AvgIpc) is 2.38. The van der Waals surface area contributed by atoms with E-state index in [0.717, 1.165) is 25.9 Å². The first-order valence-electron chi connectivity index (χ1n) is 6.54. The summed E-state index contributed by atoms with van der Waals surface area (Å²) in [7, 11) is 0. The largest absolute Gasteiger partial charge is 0.391 e. The molecule has 2 aliphatic rings. The van der Waals surface area contributed by atoms with E-state index >= 15 is 0 Å². The number of likely N-dealkylation sites (tertiary alicyclic amines) is 1. The monoisotopic (exact) mass is 264 g/mol. The first-order chi connectivity index (χ1) is 8.48. The molecule has 1 N–H and O–H groups in total. The van der Waals surface area contributed by atoms with Crippen LogP contribution in [-0.2, 0) is 4.79 Å². The minimum Gasteiger partial charge on any atom is -0.342 e. The lowest BCUT2D eigenvalue weighted by molar-refractivity contribution is -0.187. The molecular weight excluding hydrogens is 245 g/mol. The number of hydrogen-bond donors (Lipinski definition) is 1. The van der Waals surface area contributed by atoms with Gasteiger partial charge in [-0.25, -0.2) is 0 Å². The van der Waals surface area contributed by atoms with Gasteiger partial charge < -0.3 is 10.2 Å². The van der Waals surface area contributed by atoms with Gasteiger partial charge in [0.15, 0.2) is 0 Å². The second kappa shape index (κ2) is 5.47. The van der Waals surface area contributed by atoms with Crippen molar-refractivity contribution in [1.29, 1.82) is 0 Å². The van der Waals surface area contributed by atoms with E-state index in [1.165, 1.54) is 0 Å². The summed E-state index contributed by atoms with van der Waals surface area (Å²) in [5, 5.41) is 3.18. The van der Waals surface area contributed by atoms with Crippen molar-refractivity contribution in [2.75, 3.05) is 26.2 Å². The summed E-state index contributed by atoms with van der Waals surface area (Å²) in [6.45, 7) is 2.17. The summed E-state index contributed by atoms with van der Waals surface area (Å²) >= 11 is 0. The summed E-state index contributed by atoms with van der Waals surface area (Å²) in [4.78, 5) is 13.7. The molecule has 0 aromatic carbocycles. The predicted octanol–water partition coefficient (Wildman–Crippen LogP) is 1.79. The zero-order valence-corrected chi connectivity index (χ0v) is 10.3. The summed E-state index contributed by atoms with van der Waals surface area (Å²) < 4.78 is 37.5. The molecule has 2 aliphatic heterocycles. The quantitative estimate of drug-likeness (QED) is 0.783. The molecule has 0 atom stereocenters. The fourth-order valence-electron chi connectivity index (χ4n) is 2.75. The Hall–Kier alpha value is -0.780. The lowest BCUT2D eigenvalue weighted by Gasteiger charge is -2.35. The van der Waals surface area contributed by atoms with Gasteiger partial charge in [0.25, 0.3) is 0 Å². The van der Waals surface area contributed by atoms with Gasteiger partial charge in [-0.2, -0.15) is 13.2 Å². The van der Waals surface area contributed by atoms with Crippen molar-refractivity contribution in [3.8, 4) is 0 Å². The van der Waals surface area contributed by atoms with Gasteiger partial charge in [-0.05, 0) is 38.8 Å². The van der Waals surface area contributed by atoms with E-state index in [1.807, 2.05) is 0 Å². The third-order valence-corrected chi connectivity index (χ3v) is 3.96. The number of alkyl halides is 3. The molecule has 2 heterocycles. The van der Waals surface area contributed by atoms with E-state index in [2.05, 4.69) is 5.32 Å². The number of nitrogens with one attached hydrogen (secondary N) is 1. The van der Waals surface area contributed by atoms with Crippen LogP contribution >= 0.6 is 0 Å². The van der Waals surface area contributed by atoms with E-state index in [0.29, 0.717) is 0 Å². The topological polar surface area (TPSA) is 32.3 Å². The third-order valence-electron chi connectivity index (χ3n) is 3.96. The second-order valence-electron chi connectivity index (χ2n) is 5.17. The van der Waals surface area contributed by atoms with Crippen molar-refractivity contribution in [3.63, 3.8) is 0 Å². The Kier molecular flexibility index (Phi) is 4.14. The molecule has 0 aromatic heterocycles. The second-order valence-corrected chi connectivity index (χ2v) is 5.17.